The fourth-order valence-corrected chi connectivity index (χ4v) is 6.56. The number of aromatic hydroxyl groups is 2. The second kappa shape index (κ2) is 10.7. The molecule has 4 rings (SSSR count). The standard InChI is InChI=1S/C27H23Br2NO6S/c1-15(2)20-14-17(9-10-24(20)32)36-27-21(28)11-16(12-22(27)29)13-26(33)30-37(34,35)25-8-4-5-18-19(25)6-3-7-23(18)31/h3-12,14-15,31-32H,13H2,1-2H3,(H,30,33). The molecule has 0 bridgehead atoms. The van der Waals surface area contributed by atoms with Crippen molar-refractivity contribution in [3.63, 3.8) is 0 Å². The number of carbonyl (C=O) groups excluding carboxylic acids is 1. The van der Waals surface area contributed by atoms with Gasteiger partial charge in [-0.2, -0.15) is 0 Å². The van der Waals surface area contributed by atoms with Crippen LogP contribution in [-0.2, 0) is 21.2 Å². The Morgan fingerprint density at radius 1 is 0.919 bits per heavy atom. The fraction of sp³-hybridized carbons (Fsp3) is 0.148. The molecule has 0 spiro atoms. The Bertz CT molecular complexity index is 1600. The summed E-state index contributed by atoms with van der Waals surface area (Å²) in [4.78, 5) is 12.6. The highest BCUT2D eigenvalue weighted by atomic mass is 79.9. The van der Waals surface area contributed by atoms with Crippen molar-refractivity contribution in [2.24, 2.45) is 0 Å². The average Bonchev–Trinajstić information content (AvgIpc) is 2.81. The minimum absolute atomic E-state index is 0.0504. The molecule has 0 saturated heterocycles. The predicted molar refractivity (Wildman–Crippen MR) is 149 cm³/mol. The Labute approximate surface area is 231 Å². The lowest BCUT2D eigenvalue weighted by Crippen LogP contribution is -2.32. The molecule has 0 aliphatic heterocycles. The number of phenols is 2. The molecule has 0 aliphatic carbocycles. The van der Waals surface area contributed by atoms with Gasteiger partial charge in [0.1, 0.15) is 17.2 Å². The van der Waals surface area contributed by atoms with E-state index in [9.17, 15) is 23.4 Å². The van der Waals surface area contributed by atoms with E-state index >= 15 is 0 Å². The van der Waals surface area contributed by atoms with Gasteiger partial charge < -0.3 is 14.9 Å². The number of phenolic OH excluding ortho intramolecular Hbond substituents is 2. The van der Waals surface area contributed by atoms with Gasteiger partial charge in [0.05, 0.1) is 20.3 Å². The second-order valence-electron chi connectivity index (χ2n) is 8.70. The van der Waals surface area contributed by atoms with Crippen molar-refractivity contribution in [1.82, 2.24) is 4.72 Å². The maximum Gasteiger partial charge on any atom is 0.264 e. The third kappa shape index (κ3) is 5.92. The molecule has 0 heterocycles. The Balaban J connectivity index is 1.53. The van der Waals surface area contributed by atoms with Crippen LogP contribution >= 0.6 is 31.9 Å². The number of benzene rings is 4. The maximum absolute atomic E-state index is 13.0. The molecule has 37 heavy (non-hydrogen) atoms. The number of rotatable bonds is 7. The highest BCUT2D eigenvalue weighted by Crippen LogP contribution is 2.39. The molecule has 0 atom stereocenters. The van der Waals surface area contributed by atoms with Crippen molar-refractivity contribution < 1.29 is 28.2 Å². The number of fused-ring (bicyclic) bond motifs is 1. The van der Waals surface area contributed by atoms with Crippen LogP contribution in [0.1, 0.15) is 30.9 Å². The van der Waals surface area contributed by atoms with Crippen LogP contribution in [0, 0.1) is 0 Å². The molecule has 3 N–H and O–H groups in total. The number of amides is 1. The van der Waals surface area contributed by atoms with Gasteiger partial charge in [-0.15, -0.1) is 0 Å². The summed E-state index contributed by atoms with van der Waals surface area (Å²) in [7, 11) is -4.19. The van der Waals surface area contributed by atoms with Crippen molar-refractivity contribution in [3.05, 3.63) is 86.8 Å². The summed E-state index contributed by atoms with van der Waals surface area (Å²) in [6.07, 6.45) is -0.205. The summed E-state index contributed by atoms with van der Waals surface area (Å²) in [6.45, 7) is 3.93. The molecule has 0 aliphatic rings. The second-order valence-corrected chi connectivity index (χ2v) is 12.1. The molecule has 0 unspecified atom stereocenters. The first kappa shape index (κ1) is 27.0. The smallest absolute Gasteiger partial charge is 0.264 e. The molecule has 4 aromatic rings. The zero-order valence-corrected chi connectivity index (χ0v) is 23.8. The minimum atomic E-state index is -4.19. The van der Waals surface area contributed by atoms with E-state index in [1.807, 2.05) is 13.8 Å². The van der Waals surface area contributed by atoms with E-state index in [0.29, 0.717) is 36.8 Å². The zero-order valence-electron chi connectivity index (χ0n) is 19.8. The molecule has 0 radical (unpaired) electrons. The minimum Gasteiger partial charge on any atom is -0.508 e. The van der Waals surface area contributed by atoms with Crippen LogP contribution in [0.15, 0.2) is 80.6 Å². The number of sulfonamides is 1. The van der Waals surface area contributed by atoms with Gasteiger partial charge in [0.15, 0.2) is 5.75 Å². The lowest BCUT2D eigenvalue weighted by Gasteiger charge is -2.15. The highest BCUT2D eigenvalue weighted by Gasteiger charge is 2.22. The zero-order chi connectivity index (χ0) is 26.9. The Hall–Kier alpha value is -3.08. The molecule has 7 nitrogen and oxygen atoms in total. The lowest BCUT2D eigenvalue weighted by molar-refractivity contribution is -0.118. The number of ether oxygens (including phenoxy) is 1. The summed E-state index contributed by atoms with van der Waals surface area (Å²) in [5.41, 5.74) is 1.29. The molecule has 192 valence electrons. The molecule has 1 amide bonds. The van der Waals surface area contributed by atoms with E-state index < -0.39 is 15.9 Å². The van der Waals surface area contributed by atoms with E-state index in [-0.39, 0.29) is 28.7 Å². The van der Waals surface area contributed by atoms with E-state index in [1.54, 1.807) is 48.5 Å². The first-order valence-corrected chi connectivity index (χ1v) is 14.3. The first-order valence-electron chi connectivity index (χ1n) is 11.2. The summed E-state index contributed by atoms with van der Waals surface area (Å²) >= 11 is 6.92. The van der Waals surface area contributed by atoms with Crippen molar-refractivity contribution in [2.75, 3.05) is 0 Å². The molecule has 0 fully saturated rings. The topological polar surface area (TPSA) is 113 Å². The number of hydrogen-bond donors (Lipinski definition) is 3. The van der Waals surface area contributed by atoms with Crippen molar-refractivity contribution in [3.8, 4) is 23.0 Å². The van der Waals surface area contributed by atoms with Crippen LogP contribution in [0.3, 0.4) is 0 Å². The third-order valence-electron chi connectivity index (χ3n) is 5.66. The summed E-state index contributed by atoms with van der Waals surface area (Å²) in [6, 6.07) is 17.4. The van der Waals surface area contributed by atoms with E-state index in [4.69, 9.17) is 4.74 Å². The lowest BCUT2D eigenvalue weighted by atomic mass is 10.0. The predicted octanol–water partition coefficient (Wildman–Crippen LogP) is 6.74. The number of halogens is 2. The third-order valence-corrected chi connectivity index (χ3v) is 8.27. The molecular formula is C27H23Br2NO6S. The highest BCUT2D eigenvalue weighted by molar-refractivity contribution is 9.11. The van der Waals surface area contributed by atoms with Crippen molar-refractivity contribution >= 4 is 58.6 Å². The van der Waals surface area contributed by atoms with Crippen LogP contribution < -0.4 is 9.46 Å². The Morgan fingerprint density at radius 2 is 1.57 bits per heavy atom. The quantitative estimate of drug-likeness (QED) is 0.205. The van der Waals surface area contributed by atoms with Crippen LogP contribution in [-0.4, -0.2) is 24.5 Å². The van der Waals surface area contributed by atoms with E-state index in [0.717, 1.165) is 5.56 Å². The number of carbonyl (C=O) groups is 1. The van der Waals surface area contributed by atoms with Gasteiger partial charge in [0.25, 0.3) is 10.0 Å². The number of nitrogens with one attached hydrogen (secondary N) is 1. The van der Waals surface area contributed by atoms with Gasteiger partial charge in [-0.25, -0.2) is 13.1 Å². The molecule has 4 aromatic carbocycles. The Morgan fingerprint density at radius 3 is 2.24 bits per heavy atom. The molecular weight excluding hydrogens is 626 g/mol. The van der Waals surface area contributed by atoms with Crippen LogP contribution in [0.2, 0.25) is 0 Å². The van der Waals surface area contributed by atoms with Gasteiger partial charge in [-0.1, -0.05) is 38.1 Å². The summed E-state index contributed by atoms with van der Waals surface area (Å²) in [5, 5.41) is 20.8. The van der Waals surface area contributed by atoms with Crippen LogP contribution in [0.25, 0.3) is 10.8 Å². The van der Waals surface area contributed by atoms with Gasteiger partial charge in [-0.05, 0) is 85.8 Å². The van der Waals surface area contributed by atoms with Crippen LogP contribution in [0.5, 0.6) is 23.0 Å². The van der Waals surface area contributed by atoms with Gasteiger partial charge in [0, 0.05) is 16.3 Å². The largest absolute Gasteiger partial charge is 0.508 e. The fourth-order valence-electron chi connectivity index (χ4n) is 3.91. The van der Waals surface area contributed by atoms with Crippen molar-refractivity contribution in [2.45, 2.75) is 31.1 Å². The van der Waals surface area contributed by atoms with E-state index in [2.05, 4.69) is 36.6 Å². The molecule has 0 saturated carbocycles. The van der Waals surface area contributed by atoms with Gasteiger partial charge in [-0.3, -0.25) is 4.79 Å². The van der Waals surface area contributed by atoms with Crippen molar-refractivity contribution in [1.29, 1.82) is 0 Å². The normalized spacial score (nSPS) is 11.6. The molecule has 10 heteroatoms. The monoisotopic (exact) mass is 647 g/mol. The Kier molecular flexibility index (Phi) is 7.82. The summed E-state index contributed by atoms with van der Waals surface area (Å²) < 4.78 is 35.2. The molecule has 0 aromatic heterocycles. The SMILES string of the molecule is CC(C)c1cc(Oc2c(Br)cc(CC(=O)NS(=O)(=O)c3cccc4c(O)cccc34)cc2Br)ccc1O. The van der Waals surface area contributed by atoms with Crippen LogP contribution in [0.4, 0.5) is 0 Å². The van der Waals surface area contributed by atoms with Gasteiger partial charge in [0.2, 0.25) is 5.91 Å². The number of hydrogen-bond acceptors (Lipinski definition) is 6. The average molecular weight is 649 g/mol. The first-order chi connectivity index (χ1) is 17.5. The maximum atomic E-state index is 13.0. The van der Waals surface area contributed by atoms with E-state index in [1.165, 1.54) is 18.2 Å². The summed E-state index contributed by atoms with van der Waals surface area (Å²) in [5.74, 6) is 0.521. The van der Waals surface area contributed by atoms with Gasteiger partial charge >= 0.3 is 0 Å².